The van der Waals surface area contributed by atoms with Crippen LogP contribution in [0.5, 0.6) is 0 Å². The smallest absolute Gasteiger partial charge is 0.0702 e. The minimum Gasteiger partial charge on any atom is -0.380 e. The number of pyridine rings is 3. The van der Waals surface area contributed by atoms with Crippen LogP contribution in [-0.4, -0.2) is 15.0 Å². The summed E-state index contributed by atoms with van der Waals surface area (Å²) in [5.74, 6) is 0. The number of hydrogen-bond acceptors (Lipinski definition) is 4. The third-order valence-corrected chi connectivity index (χ3v) is 3.88. The van der Waals surface area contributed by atoms with Crippen LogP contribution < -0.4 is 5.32 Å². The van der Waals surface area contributed by atoms with Crippen molar-refractivity contribution in [3.8, 4) is 11.1 Å². The van der Waals surface area contributed by atoms with E-state index < -0.39 is 0 Å². The molecular weight excluding hydrogens is 296 g/mol. The normalized spacial score (nSPS) is 10.7. The van der Waals surface area contributed by atoms with Crippen LogP contribution in [0.4, 0.5) is 5.69 Å². The van der Waals surface area contributed by atoms with E-state index in [0.29, 0.717) is 6.54 Å². The van der Waals surface area contributed by atoms with Gasteiger partial charge in [0.2, 0.25) is 0 Å². The minimum atomic E-state index is 0.704. The summed E-state index contributed by atoms with van der Waals surface area (Å²) in [7, 11) is 0. The number of nitrogens with zero attached hydrogens (tertiary/aromatic N) is 3. The van der Waals surface area contributed by atoms with E-state index in [-0.39, 0.29) is 0 Å². The number of nitrogens with one attached hydrogen (secondary N) is 1. The molecule has 4 nitrogen and oxygen atoms in total. The molecule has 0 atom stereocenters. The van der Waals surface area contributed by atoms with Crippen molar-refractivity contribution in [2.24, 2.45) is 0 Å². The summed E-state index contributed by atoms with van der Waals surface area (Å²) in [5, 5.41) is 4.56. The Bertz CT molecular complexity index is 967. The maximum absolute atomic E-state index is 4.49. The molecule has 0 saturated heterocycles. The van der Waals surface area contributed by atoms with Crippen LogP contribution in [0.2, 0.25) is 0 Å². The third kappa shape index (κ3) is 3.08. The first-order valence-corrected chi connectivity index (χ1v) is 7.81. The second-order valence-corrected chi connectivity index (χ2v) is 5.59. The Balaban J connectivity index is 1.53. The van der Waals surface area contributed by atoms with Crippen LogP contribution in [0.25, 0.3) is 22.0 Å². The second kappa shape index (κ2) is 6.46. The molecule has 0 spiro atoms. The summed E-state index contributed by atoms with van der Waals surface area (Å²) in [6.45, 7) is 0.704. The van der Waals surface area contributed by atoms with Crippen molar-refractivity contribution in [2.45, 2.75) is 6.54 Å². The van der Waals surface area contributed by atoms with Crippen molar-refractivity contribution < 1.29 is 0 Å². The average Bonchev–Trinajstić information content (AvgIpc) is 2.67. The number of benzene rings is 1. The van der Waals surface area contributed by atoms with Gasteiger partial charge in [-0.25, -0.2) is 0 Å². The quantitative estimate of drug-likeness (QED) is 0.610. The lowest BCUT2D eigenvalue weighted by molar-refractivity contribution is 1.12. The van der Waals surface area contributed by atoms with Gasteiger partial charge in [-0.15, -0.1) is 0 Å². The van der Waals surface area contributed by atoms with Gasteiger partial charge in [-0.1, -0.05) is 24.3 Å². The van der Waals surface area contributed by atoms with Crippen molar-refractivity contribution in [3.63, 3.8) is 0 Å². The van der Waals surface area contributed by atoms with Gasteiger partial charge in [0.05, 0.1) is 11.2 Å². The standard InChI is InChI=1S/C20H16N4/c1-2-6-20-16(4-1)8-15(11-24-20)10-23-19-9-18(13-22-14-19)17-5-3-7-21-12-17/h1-9,11-14,23H,10H2. The van der Waals surface area contributed by atoms with Gasteiger partial charge in [-0.05, 0) is 29.8 Å². The van der Waals surface area contributed by atoms with Gasteiger partial charge < -0.3 is 5.32 Å². The predicted molar refractivity (Wildman–Crippen MR) is 96.5 cm³/mol. The fraction of sp³-hybridized carbons (Fsp3) is 0.0500. The molecule has 0 unspecified atom stereocenters. The van der Waals surface area contributed by atoms with E-state index >= 15 is 0 Å². The van der Waals surface area contributed by atoms with Crippen molar-refractivity contribution in [1.82, 2.24) is 15.0 Å². The van der Waals surface area contributed by atoms with Gasteiger partial charge in [0.25, 0.3) is 0 Å². The fourth-order valence-corrected chi connectivity index (χ4v) is 2.65. The van der Waals surface area contributed by atoms with Crippen LogP contribution in [-0.2, 0) is 6.54 Å². The first kappa shape index (κ1) is 14.3. The molecule has 4 rings (SSSR count). The van der Waals surface area contributed by atoms with E-state index in [2.05, 4.69) is 38.5 Å². The molecule has 0 aliphatic heterocycles. The van der Waals surface area contributed by atoms with E-state index in [1.54, 1.807) is 6.20 Å². The molecule has 4 aromatic rings. The maximum atomic E-state index is 4.49. The van der Waals surface area contributed by atoms with Crippen LogP contribution in [0.1, 0.15) is 5.56 Å². The topological polar surface area (TPSA) is 50.7 Å². The molecule has 0 aliphatic carbocycles. The van der Waals surface area contributed by atoms with Crippen molar-refractivity contribution in [2.75, 3.05) is 5.32 Å². The zero-order valence-electron chi connectivity index (χ0n) is 13.1. The monoisotopic (exact) mass is 312 g/mol. The number of aromatic nitrogens is 3. The fourth-order valence-electron chi connectivity index (χ4n) is 2.65. The van der Waals surface area contributed by atoms with Crippen molar-refractivity contribution in [1.29, 1.82) is 0 Å². The highest BCUT2D eigenvalue weighted by Gasteiger charge is 2.01. The Kier molecular flexibility index (Phi) is 3.86. The summed E-state index contributed by atoms with van der Waals surface area (Å²) in [5.41, 5.74) is 5.23. The van der Waals surface area contributed by atoms with E-state index in [0.717, 1.165) is 33.3 Å². The third-order valence-electron chi connectivity index (χ3n) is 3.88. The van der Waals surface area contributed by atoms with Crippen LogP contribution in [0.15, 0.2) is 79.5 Å². The Labute approximate surface area is 140 Å². The average molecular weight is 312 g/mol. The van der Waals surface area contributed by atoms with E-state index in [9.17, 15) is 0 Å². The Morgan fingerprint density at radius 3 is 2.62 bits per heavy atom. The number of rotatable bonds is 4. The lowest BCUT2D eigenvalue weighted by atomic mass is 10.1. The number of para-hydroxylation sites is 1. The Morgan fingerprint density at radius 1 is 0.792 bits per heavy atom. The highest BCUT2D eigenvalue weighted by atomic mass is 14.9. The summed E-state index contributed by atoms with van der Waals surface area (Å²) < 4.78 is 0. The molecule has 1 N–H and O–H groups in total. The van der Waals surface area contributed by atoms with Crippen molar-refractivity contribution >= 4 is 16.6 Å². The molecule has 0 aliphatic rings. The van der Waals surface area contributed by atoms with Crippen LogP contribution in [0.3, 0.4) is 0 Å². The van der Waals surface area contributed by atoms with Gasteiger partial charge in [-0.2, -0.15) is 0 Å². The first-order chi connectivity index (χ1) is 11.9. The minimum absolute atomic E-state index is 0.704. The molecule has 24 heavy (non-hydrogen) atoms. The van der Waals surface area contributed by atoms with Crippen LogP contribution >= 0.6 is 0 Å². The molecular formula is C20H16N4. The molecule has 3 heterocycles. The maximum Gasteiger partial charge on any atom is 0.0702 e. The summed E-state index contributed by atoms with van der Waals surface area (Å²) in [6.07, 6.45) is 9.20. The highest BCUT2D eigenvalue weighted by molar-refractivity contribution is 5.78. The van der Waals surface area contributed by atoms with E-state index in [4.69, 9.17) is 0 Å². The first-order valence-electron chi connectivity index (χ1n) is 7.81. The molecule has 4 heteroatoms. The van der Waals surface area contributed by atoms with Gasteiger partial charge >= 0.3 is 0 Å². The van der Waals surface area contributed by atoms with Gasteiger partial charge in [0.15, 0.2) is 0 Å². The molecule has 0 radical (unpaired) electrons. The SMILES string of the molecule is c1cncc(-c2cncc(NCc3cnc4ccccc4c3)c2)c1. The summed E-state index contributed by atoms with van der Waals surface area (Å²) in [4.78, 5) is 13.0. The second-order valence-electron chi connectivity index (χ2n) is 5.59. The number of fused-ring (bicyclic) bond motifs is 1. The largest absolute Gasteiger partial charge is 0.380 e. The van der Waals surface area contributed by atoms with Gasteiger partial charge in [0, 0.05) is 54.0 Å². The van der Waals surface area contributed by atoms with Gasteiger partial charge in [-0.3, -0.25) is 15.0 Å². The molecule has 0 fully saturated rings. The lowest BCUT2D eigenvalue weighted by Gasteiger charge is -2.08. The predicted octanol–water partition coefficient (Wildman–Crippen LogP) is 4.30. The highest BCUT2D eigenvalue weighted by Crippen LogP contribution is 2.21. The molecule has 116 valence electrons. The summed E-state index contributed by atoms with van der Waals surface area (Å²) in [6, 6.07) is 16.3. The lowest BCUT2D eigenvalue weighted by Crippen LogP contribution is -2.00. The van der Waals surface area contributed by atoms with E-state index in [1.165, 1.54) is 0 Å². The molecule has 1 aromatic carbocycles. The Hall–Kier alpha value is -3.27. The van der Waals surface area contributed by atoms with Gasteiger partial charge in [0.1, 0.15) is 0 Å². The zero-order valence-corrected chi connectivity index (χ0v) is 13.1. The zero-order chi connectivity index (χ0) is 16.2. The summed E-state index contributed by atoms with van der Waals surface area (Å²) >= 11 is 0. The van der Waals surface area contributed by atoms with Crippen LogP contribution in [0, 0.1) is 0 Å². The Morgan fingerprint density at radius 2 is 1.71 bits per heavy atom. The molecule has 0 bridgehead atoms. The number of hydrogen-bond donors (Lipinski definition) is 1. The number of anilines is 1. The van der Waals surface area contributed by atoms with E-state index in [1.807, 2.05) is 55.1 Å². The van der Waals surface area contributed by atoms with Crippen molar-refractivity contribution in [3.05, 3.63) is 85.1 Å². The molecule has 3 aromatic heterocycles. The molecule has 0 saturated carbocycles. The molecule has 0 amide bonds.